The summed E-state index contributed by atoms with van der Waals surface area (Å²) in [4.78, 5) is 0. The van der Waals surface area contributed by atoms with Gasteiger partial charge in [0.1, 0.15) is 5.52 Å². The Morgan fingerprint density at radius 1 is 0.840 bits per heavy atom. The molecule has 5 rings (SSSR count). The topological polar surface area (TPSA) is 42.7 Å². The number of hydrogen-bond acceptors (Lipinski definition) is 3. The monoisotopic (exact) mass is 326 g/mol. The van der Waals surface area contributed by atoms with Gasteiger partial charge in [0.15, 0.2) is 0 Å². The molecule has 4 nitrogen and oxygen atoms in total. The van der Waals surface area contributed by atoms with E-state index in [-0.39, 0.29) is 12.1 Å². The number of nitrogens with one attached hydrogen (secondary N) is 1. The number of rotatable bonds is 2. The van der Waals surface area contributed by atoms with E-state index < -0.39 is 0 Å². The number of anilines is 1. The Morgan fingerprint density at radius 3 is 2.52 bits per heavy atom. The third-order valence-corrected chi connectivity index (χ3v) is 4.98. The number of hydrogen-bond donors (Lipinski definition) is 1. The fourth-order valence-corrected chi connectivity index (χ4v) is 3.77. The number of para-hydroxylation sites is 2. The van der Waals surface area contributed by atoms with Gasteiger partial charge in [-0.25, -0.2) is 4.68 Å². The normalized spacial score (nSPS) is 19.4. The van der Waals surface area contributed by atoms with Gasteiger partial charge in [0, 0.05) is 5.69 Å². The molecule has 0 spiro atoms. The van der Waals surface area contributed by atoms with Crippen molar-refractivity contribution in [3.8, 4) is 0 Å². The SMILES string of the molecule is c1ccc([C@@H]2C[C@@H](n3nnc4ccccc43)c3ccccc3N2)cc1. The summed E-state index contributed by atoms with van der Waals surface area (Å²) < 4.78 is 2.07. The lowest BCUT2D eigenvalue weighted by atomic mass is 9.89. The van der Waals surface area contributed by atoms with E-state index in [2.05, 4.69) is 81.0 Å². The number of fused-ring (bicyclic) bond motifs is 2. The van der Waals surface area contributed by atoms with Crippen LogP contribution in [-0.4, -0.2) is 15.0 Å². The minimum atomic E-state index is 0.162. The molecule has 3 aromatic carbocycles. The highest BCUT2D eigenvalue weighted by Gasteiger charge is 2.30. The highest BCUT2D eigenvalue weighted by molar-refractivity contribution is 5.74. The molecule has 0 unspecified atom stereocenters. The Labute approximate surface area is 146 Å². The van der Waals surface area contributed by atoms with Crippen molar-refractivity contribution in [3.05, 3.63) is 90.0 Å². The van der Waals surface area contributed by atoms with Gasteiger partial charge < -0.3 is 5.32 Å². The predicted octanol–water partition coefficient (Wildman–Crippen LogP) is 4.58. The van der Waals surface area contributed by atoms with Crippen LogP contribution in [0.4, 0.5) is 5.69 Å². The molecule has 122 valence electrons. The first kappa shape index (κ1) is 14.2. The fraction of sp³-hybridized carbons (Fsp3) is 0.143. The van der Waals surface area contributed by atoms with Crippen LogP contribution in [0.5, 0.6) is 0 Å². The van der Waals surface area contributed by atoms with Crippen LogP contribution < -0.4 is 5.32 Å². The Hall–Kier alpha value is -3.14. The van der Waals surface area contributed by atoms with Gasteiger partial charge in [0.05, 0.1) is 17.6 Å². The van der Waals surface area contributed by atoms with Crippen LogP contribution in [0.2, 0.25) is 0 Å². The Morgan fingerprint density at radius 2 is 1.60 bits per heavy atom. The zero-order valence-corrected chi connectivity index (χ0v) is 13.7. The Kier molecular flexibility index (Phi) is 3.27. The Bertz CT molecular complexity index is 1020. The number of aromatic nitrogens is 3. The van der Waals surface area contributed by atoms with E-state index in [1.807, 2.05) is 18.2 Å². The second-order valence-corrected chi connectivity index (χ2v) is 6.47. The minimum absolute atomic E-state index is 0.162. The highest BCUT2D eigenvalue weighted by Crippen LogP contribution is 2.41. The van der Waals surface area contributed by atoms with Gasteiger partial charge in [0.25, 0.3) is 0 Å². The summed E-state index contributed by atoms with van der Waals surface area (Å²) in [5.41, 5.74) is 5.76. The quantitative estimate of drug-likeness (QED) is 0.586. The molecule has 1 aromatic heterocycles. The summed E-state index contributed by atoms with van der Waals surface area (Å²) >= 11 is 0. The van der Waals surface area contributed by atoms with Crippen LogP contribution in [0.15, 0.2) is 78.9 Å². The van der Waals surface area contributed by atoms with Crippen LogP contribution in [0.25, 0.3) is 11.0 Å². The van der Waals surface area contributed by atoms with E-state index >= 15 is 0 Å². The molecule has 0 fully saturated rings. The second-order valence-electron chi connectivity index (χ2n) is 6.47. The highest BCUT2D eigenvalue weighted by atomic mass is 15.4. The van der Waals surface area contributed by atoms with Gasteiger partial charge in [-0.15, -0.1) is 5.10 Å². The molecule has 0 aliphatic carbocycles. The van der Waals surface area contributed by atoms with Gasteiger partial charge in [-0.3, -0.25) is 0 Å². The van der Waals surface area contributed by atoms with Crippen molar-refractivity contribution in [1.82, 2.24) is 15.0 Å². The van der Waals surface area contributed by atoms with Crippen LogP contribution in [0.3, 0.4) is 0 Å². The standard InChI is InChI=1S/C21H18N4/c1-2-8-15(9-3-1)19-14-21(16-10-4-5-11-17(16)22-19)25-20-13-7-6-12-18(20)23-24-25/h1-13,19,21-22H,14H2/t19-,21+/m0/s1. The van der Waals surface area contributed by atoms with Crippen molar-refractivity contribution < 1.29 is 0 Å². The van der Waals surface area contributed by atoms with Crippen molar-refractivity contribution in [2.24, 2.45) is 0 Å². The summed E-state index contributed by atoms with van der Waals surface area (Å²) in [7, 11) is 0. The van der Waals surface area contributed by atoms with Gasteiger partial charge in [-0.05, 0) is 35.7 Å². The minimum Gasteiger partial charge on any atom is -0.378 e. The molecule has 0 saturated carbocycles. The number of benzene rings is 3. The van der Waals surface area contributed by atoms with Crippen molar-refractivity contribution in [1.29, 1.82) is 0 Å². The van der Waals surface area contributed by atoms with Crippen LogP contribution >= 0.6 is 0 Å². The summed E-state index contributed by atoms with van der Waals surface area (Å²) in [6.45, 7) is 0. The maximum absolute atomic E-state index is 4.48. The van der Waals surface area contributed by atoms with Crippen molar-refractivity contribution in [2.75, 3.05) is 5.32 Å². The predicted molar refractivity (Wildman–Crippen MR) is 99.5 cm³/mol. The fourth-order valence-electron chi connectivity index (χ4n) is 3.77. The zero-order valence-electron chi connectivity index (χ0n) is 13.7. The van der Waals surface area contributed by atoms with Gasteiger partial charge in [0.2, 0.25) is 0 Å². The molecule has 0 bridgehead atoms. The third kappa shape index (κ3) is 2.38. The molecule has 2 heterocycles. The number of nitrogens with zero attached hydrogens (tertiary/aromatic N) is 3. The van der Waals surface area contributed by atoms with E-state index in [0.29, 0.717) is 0 Å². The first-order valence-corrected chi connectivity index (χ1v) is 8.60. The molecule has 1 N–H and O–H groups in total. The third-order valence-electron chi connectivity index (χ3n) is 4.98. The molecular formula is C21H18N4. The average molecular weight is 326 g/mol. The van der Waals surface area contributed by atoms with Crippen LogP contribution in [-0.2, 0) is 0 Å². The maximum atomic E-state index is 4.48. The van der Waals surface area contributed by atoms with Crippen LogP contribution in [0.1, 0.15) is 29.6 Å². The second kappa shape index (κ2) is 5.74. The van der Waals surface area contributed by atoms with Crippen molar-refractivity contribution >= 4 is 16.7 Å². The van der Waals surface area contributed by atoms with E-state index in [4.69, 9.17) is 0 Å². The van der Waals surface area contributed by atoms with Gasteiger partial charge >= 0.3 is 0 Å². The lowest BCUT2D eigenvalue weighted by molar-refractivity contribution is 0.447. The van der Waals surface area contributed by atoms with E-state index in [9.17, 15) is 0 Å². The maximum Gasteiger partial charge on any atom is 0.113 e. The van der Waals surface area contributed by atoms with Crippen molar-refractivity contribution in [2.45, 2.75) is 18.5 Å². The van der Waals surface area contributed by atoms with Gasteiger partial charge in [-0.1, -0.05) is 65.9 Å². The summed E-state index contributed by atoms with van der Waals surface area (Å²) in [6, 6.07) is 27.7. The van der Waals surface area contributed by atoms with Crippen molar-refractivity contribution in [3.63, 3.8) is 0 Å². The molecular weight excluding hydrogens is 308 g/mol. The lowest BCUT2D eigenvalue weighted by Gasteiger charge is -2.33. The Balaban J connectivity index is 1.64. The molecule has 4 heteroatoms. The van der Waals surface area contributed by atoms with E-state index in [1.165, 1.54) is 16.8 Å². The van der Waals surface area contributed by atoms with Crippen LogP contribution in [0, 0.1) is 0 Å². The molecule has 0 saturated heterocycles. The lowest BCUT2D eigenvalue weighted by Crippen LogP contribution is -2.26. The largest absolute Gasteiger partial charge is 0.378 e. The van der Waals surface area contributed by atoms with Gasteiger partial charge in [-0.2, -0.15) is 0 Å². The first-order chi connectivity index (χ1) is 12.4. The molecule has 4 aromatic rings. The molecule has 2 atom stereocenters. The van der Waals surface area contributed by atoms with E-state index in [0.717, 1.165) is 17.5 Å². The molecule has 0 amide bonds. The summed E-state index contributed by atoms with van der Waals surface area (Å²) in [5.74, 6) is 0. The first-order valence-electron chi connectivity index (χ1n) is 8.60. The summed E-state index contributed by atoms with van der Waals surface area (Å²) in [6.07, 6.45) is 0.939. The smallest absolute Gasteiger partial charge is 0.113 e. The average Bonchev–Trinajstić information content (AvgIpc) is 3.12. The summed E-state index contributed by atoms with van der Waals surface area (Å²) in [5, 5.41) is 12.5. The molecule has 1 aliphatic heterocycles. The molecule has 1 aliphatic rings. The zero-order chi connectivity index (χ0) is 16.6. The van der Waals surface area contributed by atoms with E-state index in [1.54, 1.807) is 0 Å². The molecule has 25 heavy (non-hydrogen) atoms. The molecule has 0 radical (unpaired) electrons.